The van der Waals surface area contributed by atoms with Gasteiger partial charge in [0.2, 0.25) is 0 Å². The fraction of sp³-hybridized carbons (Fsp3) is 0.219. The van der Waals surface area contributed by atoms with Crippen molar-refractivity contribution in [2.45, 2.75) is 6.92 Å². The van der Waals surface area contributed by atoms with Crippen LogP contribution in [0.15, 0.2) is 85.6 Å². The zero-order valence-corrected chi connectivity index (χ0v) is 22.5. The molecule has 5 aromatic rings. The van der Waals surface area contributed by atoms with Crippen molar-refractivity contribution in [3.8, 4) is 22.9 Å². The number of aromatic nitrogens is 3. The van der Waals surface area contributed by atoms with E-state index < -0.39 is 0 Å². The summed E-state index contributed by atoms with van der Waals surface area (Å²) < 4.78 is 6.08. The van der Waals surface area contributed by atoms with E-state index in [0.717, 1.165) is 77.4 Å². The summed E-state index contributed by atoms with van der Waals surface area (Å²) >= 11 is 0. The average molecular weight is 530 g/mol. The highest BCUT2D eigenvalue weighted by Crippen LogP contribution is 2.35. The lowest BCUT2D eigenvalue weighted by atomic mass is 10.0. The van der Waals surface area contributed by atoms with Crippen molar-refractivity contribution in [2.75, 3.05) is 49.5 Å². The number of fused-ring (bicyclic) bond motifs is 1. The van der Waals surface area contributed by atoms with E-state index >= 15 is 0 Å². The number of ether oxygens (including phenoxy) is 1. The monoisotopic (exact) mass is 529 g/mol. The molecule has 40 heavy (non-hydrogen) atoms. The molecule has 2 aromatic carbocycles. The maximum Gasteiger partial charge on any atom is 0.119 e. The van der Waals surface area contributed by atoms with Gasteiger partial charge in [0.15, 0.2) is 0 Å². The predicted octanol–water partition coefficient (Wildman–Crippen LogP) is 5.75. The van der Waals surface area contributed by atoms with E-state index in [4.69, 9.17) is 4.74 Å². The standard InChI is InChI=1S/C32H31N7O/c1-23-28-10-13-36-31(28)7-6-30(23)37-32-25(20-33)21-35-22-29(32)24-2-4-27(5-3-24)40-19-18-38-14-16-39(17-15-38)26-8-11-34-12-9-26/h2-13,21-22,36H,14-19H2,1H3,(H,35,37). The Hall–Kier alpha value is -4.87. The van der Waals surface area contributed by atoms with Crippen molar-refractivity contribution in [1.82, 2.24) is 19.9 Å². The SMILES string of the molecule is Cc1c(Nc2c(C#N)cncc2-c2ccc(OCCN3CCN(c4ccncc4)CC3)cc2)ccc2[nH]ccc12. The van der Waals surface area contributed by atoms with Gasteiger partial charge in [-0.25, -0.2) is 0 Å². The van der Waals surface area contributed by atoms with Crippen molar-refractivity contribution in [2.24, 2.45) is 0 Å². The second-order valence-electron chi connectivity index (χ2n) is 9.93. The van der Waals surface area contributed by atoms with E-state index in [1.807, 2.05) is 55.0 Å². The molecule has 0 bridgehead atoms. The van der Waals surface area contributed by atoms with Crippen LogP contribution < -0.4 is 15.0 Å². The molecule has 1 saturated heterocycles. The zero-order valence-electron chi connectivity index (χ0n) is 22.5. The van der Waals surface area contributed by atoms with Gasteiger partial charge in [-0.3, -0.25) is 14.9 Å². The van der Waals surface area contributed by atoms with Gasteiger partial charge in [-0.1, -0.05) is 12.1 Å². The first-order valence-electron chi connectivity index (χ1n) is 13.5. The molecule has 8 nitrogen and oxygen atoms in total. The molecule has 8 heteroatoms. The minimum absolute atomic E-state index is 0.496. The fourth-order valence-corrected chi connectivity index (χ4v) is 5.26. The summed E-state index contributed by atoms with van der Waals surface area (Å²) in [6.07, 6.45) is 9.03. The summed E-state index contributed by atoms with van der Waals surface area (Å²) in [5.41, 5.74) is 7.47. The average Bonchev–Trinajstić information content (AvgIpc) is 3.50. The third kappa shape index (κ3) is 5.33. The topological polar surface area (TPSA) is 93.1 Å². The number of H-pyrrole nitrogens is 1. The van der Waals surface area contributed by atoms with Crippen LogP contribution in [0.1, 0.15) is 11.1 Å². The second kappa shape index (κ2) is 11.5. The minimum Gasteiger partial charge on any atom is -0.492 e. The van der Waals surface area contributed by atoms with Crippen LogP contribution in [0.5, 0.6) is 5.75 Å². The molecule has 1 fully saturated rings. The number of hydrogen-bond acceptors (Lipinski definition) is 7. The molecule has 1 aliphatic heterocycles. The number of aromatic amines is 1. The van der Waals surface area contributed by atoms with E-state index in [1.165, 1.54) is 5.69 Å². The highest BCUT2D eigenvalue weighted by Gasteiger charge is 2.17. The summed E-state index contributed by atoms with van der Waals surface area (Å²) in [7, 11) is 0. The lowest BCUT2D eigenvalue weighted by Gasteiger charge is -2.35. The molecule has 0 saturated carbocycles. The number of pyridine rings is 2. The van der Waals surface area contributed by atoms with Crippen LogP contribution in [0.4, 0.5) is 17.1 Å². The Balaban J connectivity index is 1.10. The number of nitrogens with one attached hydrogen (secondary N) is 2. The molecule has 0 unspecified atom stereocenters. The van der Waals surface area contributed by atoms with E-state index in [9.17, 15) is 5.26 Å². The lowest BCUT2D eigenvalue weighted by molar-refractivity contribution is 0.200. The summed E-state index contributed by atoms with van der Waals surface area (Å²) in [6, 6.07) is 20.6. The van der Waals surface area contributed by atoms with Gasteiger partial charge in [0.05, 0.1) is 11.3 Å². The van der Waals surface area contributed by atoms with Crippen LogP contribution in [0.3, 0.4) is 0 Å². The number of hydrogen-bond donors (Lipinski definition) is 2. The van der Waals surface area contributed by atoms with E-state index in [1.54, 1.807) is 12.4 Å². The molecule has 4 heterocycles. The number of benzene rings is 2. The Kier molecular flexibility index (Phi) is 7.29. The van der Waals surface area contributed by atoms with Crippen molar-refractivity contribution in [3.63, 3.8) is 0 Å². The number of rotatable bonds is 8. The molecular weight excluding hydrogens is 498 g/mol. The molecule has 2 N–H and O–H groups in total. The van der Waals surface area contributed by atoms with E-state index in [2.05, 4.69) is 61.3 Å². The van der Waals surface area contributed by atoms with Gasteiger partial charge in [-0.05, 0) is 60.5 Å². The van der Waals surface area contributed by atoms with Gasteiger partial charge in [-0.15, -0.1) is 0 Å². The molecule has 0 aliphatic carbocycles. The van der Waals surface area contributed by atoms with Crippen molar-refractivity contribution in [3.05, 3.63) is 96.7 Å². The first-order chi connectivity index (χ1) is 19.7. The molecule has 3 aromatic heterocycles. The first-order valence-corrected chi connectivity index (χ1v) is 13.5. The Morgan fingerprint density at radius 3 is 2.52 bits per heavy atom. The van der Waals surface area contributed by atoms with Crippen LogP contribution in [0.2, 0.25) is 0 Å². The Labute approximate surface area is 233 Å². The van der Waals surface area contributed by atoms with Crippen LogP contribution in [0, 0.1) is 18.3 Å². The predicted molar refractivity (Wildman–Crippen MR) is 159 cm³/mol. The maximum absolute atomic E-state index is 9.83. The first kappa shape index (κ1) is 25.4. The van der Waals surface area contributed by atoms with Gasteiger partial charge < -0.3 is 19.9 Å². The third-order valence-electron chi connectivity index (χ3n) is 7.57. The van der Waals surface area contributed by atoms with E-state index in [0.29, 0.717) is 12.2 Å². The molecule has 0 atom stereocenters. The van der Waals surface area contributed by atoms with Gasteiger partial charge in [0.25, 0.3) is 0 Å². The van der Waals surface area contributed by atoms with Crippen LogP contribution in [-0.4, -0.2) is 59.2 Å². The number of nitriles is 1. The van der Waals surface area contributed by atoms with Crippen molar-refractivity contribution >= 4 is 28.0 Å². The molecule has 6 rings (SSSR count). The summed E-state index contributed by atoms with van der Waals surface area (Å²) in [4.78, 5) is 16.5. The second-order valence-corrected chi connectivity index (χ2v) is 9.93. The number of piperazine rings is 1. The summed E-state index contributed by atoms with van der Waals surface area (Å²) in [5, 5.41) is 14.5. The summed E-state index contributed by atoms with van der Waals surface area (Å²) in [6.45, 7) is 7.64. The maximum atomic E-state index is 9.83. The quantitative estimate of drug-likeness (QED) is 0.264. The highest BCUT2D eigenvalue weighted by atomic mass is 16.5. The fourth-order valence-electron chi connectivity index (χ4n) is 5.26. The van der Waals surface area contributed by atoms with Gasteiger partial charge in [0.1, 0.15) is 18.4 Å². The molecule has 0 radical (unpaired) electrons. The van der Waals surface area contributed by atoms with Crippen LogP contribution in [0.25, 0.3) is 22.0 Å². The molecular formula is C32H31N7O. The van der Waals surface area contributed by atoms with Crippen LogP contribution in [-0.2, 0) is 0 Å². The van der Waals surface area contributed by atoms with Gasteiger partial charge in [0, 0.05) is 91.5 Å². The Morgan fingerprint density at radius 2 is 1.75 bits per heavy atom. The third-order valence-corrected chi connectivity index (χ3v) is 7.57. The molecule has 1 aliphatic rings. The molecule has 0 amide bonds. The lowest BCUT2D eigenvalue weighted by Crippen LogP contribution is -2.47. The molecule has 200 valence electrons. The summed E-state index contributed by atoms with van der Waals surface area (Å²) in [5.74, 6) is 0.826. The van der Waals surface area contributed by atoms with Crippen molar-refractivity contribution < 1.29 is 4.74 Å². The van der Waals surface area contributed by atoms with Crippen molar-refractivity contribution in [1.29, 1.82) is 5.26 Å². The number of aryl methyl sites for hydroxylation is 1. The Bertz CT molecular complexity index is 1630. The Morgan fingerprint density at radius 1 is 0.950 bits per heavy atom. The minimum atomic E-state index is 0.496. The normalized spacial score (nSPS) is 13.8. The van der Waals surface area contributed by atoms with Gasteiger partial charge in [-0.2, -0.15) is 5.26 Å². The zero-order chi connectivity index (χ0) is 27.3. The number of nitrogens with zero attached hydrogens (tertiary/aromatic N) is 5. The van der Waals surface area contributed by atoms with Crippen LogP contribution >= 0.6 is 0 Å². The van der Waals surface area contributed by atoms with Gasteiger partial charge >= 0.3 is 0 Å². The smallest absolute Gasteiger partial charge is 0.119 e. The molecule has 0 spiro atoms. The largest absolute Gasteiger partial charge is 0.492 e. The number of anilines is 3. The van der Waals surface area contributed by atoms with E-state index in [-0.39, 0.29) is 0 Å². The highest BCUT2D eigenvalue weighted by molar-refractivity contribution is 5.91.